The fourth-order valence-corrected chi connectivity index (χ4v) is 2.14. The summed E-state index contributed by atoms with van der Waals surface area (Å²) < 4.78 is 5.49. The molecule has 7 nitrogen and oxygen atoms in total. The zero-order valence-electron chi connectivity index (χ0n) is 11.6. The van der Waals surface area contributed by atoms with E-state index in [1.807, 2.05) is 0 Å². The number of non-ortho nitro benzene ring substituents is 1. The standard InChI is InChI=1S/C13H17N3O4.ClH/c1-8-2-3-9(16(18)19)6-11(8)15-13(17)12-5-4-10(7-14)20-12;/h2-3,6,10,12H,4-5,7,14H2,1H3,(H,15,17);1H/t10-,12+;/m1./s1. The van der Waals surface area contributed by atoms with Gasteiger partial charge in [0, 0.05) is 18.7 Å². The summed E-state index contributed by atoms with van der Waals surface area (Å²) in [5.74, 6) is -0.287. The quantitative estimate of drug-likeness (QED) is 0.650. The van der Waals surface area contributed by atoms with Crippen LogP contribution >= 0.6 is 12.4 Å². The molecule has 1 amide bonds. The largest absolute Gasteiger partial charge is 0.364 e. The first-order chi connectivity index (χ1) is 9.51. The molecule has 2 rings (SSSR count). The lowest BCUT2D eigenvalue weighted by Crippen LogP contribution is -2.30. The van der Waals surface area contributed by atoms with Gasteiger partial charge in [-0.25, -0.2) is 0 Å². The number of carbonyl (C=O) groups excluding carboxylic acids is 1. The Bertz CT molecular complexity index is 538. The molecule has 0 unspecified atom stereocenters. The lowest BCUT2D eigenvalue weighted by atomic mass is 10.1. The normalized spacial score (nSPS) is 20.7. The minimum Gasteiger partial charge on any atom is -0.364 e. The zero-order chi connectivity index (χ0) is 14.7. The second-order valence-electron chi connectivity index (χ2n) is 4.81. The third-order valence-corrected chi connectivity index (χ3v) is 3.35. The molecular formula is C13H18ClN3O4. The van der Waals surface area contributed by atoms with Gasteiger partial charge in [-0.3, -0.25) is 14.9 Å². The number of rotatable bonds is 4. The molecule has 1 aliphatic heterocycles. The molecular weight excluding hydrogens is 298 g/mol. The van der Waals surface area contributed by atoms with Gasteiger partial charge >= 0.3 is 0 Å². The third-order valence-electron chi connectivity index (χ3n) is 3.35. The first-order valence-corrected chi connectivity index (χ1v) is 6.42. The van der Waals surface area contributed by atoms with Crippen molar-refractivity contribution in [1.82, 2.24) is 0 Å². The van der Waals surface area contributed by atoms with Crippen LogP contribution in [-0.2, 0) is 9.53 Å². The highest BCUT2D eigenvalue weighted by Crippen LogP contribution is 2.24. The Morgan fingerprint density at radius 2 is 2.24 bits per heavy atom. The number of benzene rings is 1. The van der Waals surface area contributed by atoms with Gasteiger partial charge in [-0.15, -0.1) is 12.4 Å². The first kappa shape index (κ1) is 17.4. The van der Waals surface area contributed by atoms with Crippen LogP contribution in [0.15, 0.2) is 18.2 Å². The summed E-state index contributed by atoms with van der Waals surface area (Å²) in [6.07, 6.45) is 0.739. The number of aryl methyl sites for hydroxylation is 1. The summed E-state index contributed by atoms with van der Waals surface area (Å²) in [7, 11) is 0. The van der Waals surface area contributed by atoms with Gasteiger partial charge in [0.25, 0.3) is 11.6 Å². The first-order valence-electron chi connectivity index (χ1n) is 6.42. The predicted molar refractivity (Wildman–Crippen MR) is 80.7 cm³/mol. The number of carbonyl (C=O) groups is 1. The molecule has 1 heterocycles. The van der Waals surface area contributed by atoms with Crippen LogP contribution in [0.1, 0.15) is 18.4 Å². The summed E-state index contributed by atoms with van der Waals surface area (Å²) in [6.45, 7) is 2.16. The highest BCUT2D eigenvalue weighted by Gasteiger charge is 2.30. The van der Waals surface area contributed by atoms with Crippen molar-refractivity contribution in [3.8, 4) is 0 Å². The molecule has 21 heavy (non-hydrogen) atoms. The Kier molecular flexibility index (Phi) is 6.07. The number of nitro groups is 1. The van der Waals surface area contributed by atoms with Crippen LogP contribution in [-0.4, -0.2) is 29.6 Å². The summed E-state index contributed by atoms with van der Waals surface area (Å²) in [6, 6.07) is 4.36. The number of nitrogens with one attached hydrogen (secondary N) is 1. The molecule has 1 saturated heterocycles. The molecule has 1 aromatic carbocycles. The number of nitrogens with zero attached hydrogens (tertiary/aromatic N) is 1. The van der Waals surface area contributed by atoms with Gasteiger partial charge in [-0.05, 0) is 25.3 Å². The lowest BCUT2D eigenvalue weighted by molar-refractivity contribution is -0.384. The Hall–Kier alpha value is -1.70. The van der Waals surface area contributed by atoms with E-state index in [9.17, 15) is 14.9 Å². The van der Waals surface area contributed by atoms with Crippen LogP contribution in [0.25, 0.3) is 0 Å². The average molecular weight is 316 g/mol. The van der Waals surface area contributed by atoms with Gasteiger partial charge < -0.3 is 15.8 Å². The van der Waals surface area contributed by atoms with Crippen molar-refractivity contribution in [2.45, 2.75) is 32.0 Å². The van der Waals surface area contributed by atoms with Gasteiger partial charge in [-0.1, -0.05) is 6.07 Å². The van der Waals surface area contributed by atoms with Gasteiger partial charge in [0.1, 0.15) is 6.10 Å². The minimum atomic E-state index is -0.540. The predicted octanol–water partition coefficient (Wildman–Crippen LogP) is 1.77. The van der Waals surface area contributed by atoms with E-state index in [-0.39, 0.29) is 30.1 Å². The summed E-state index contributed by atoms with van der Waals surface area (Å²) in [5, 5.41) is 13.4. The Balaban J connectivity index is 0.00000220. The van der Waals surface area contributed by atoms with Crippen LogP contribution in [0.2, 0.25) is 0 Å². The number of hydrogen-bond acceptors (Lipinski definition) is 5. The van der Waals surface area contributed by atoms with Crippen molar-refractivity contribution < 1.29 is 14.5 Å². The molecule has 116 valence electrons. The summed E-state index contributed by atoms with van der Waals surface area (Å²) >= 11 is 0. The Morgan fingerprint density at radius 3 is 2.81 bits per heavy atom. The number of anilines is 1. The van der Waals surface area contributed by atoms with E-state index in [4.69, 9.17) is 10.5 Å². The Morgan fingerprint density at radius 1 is 1.52 bits per heavy atom. The molecule has 0 bridgehead atoms. The fourth-order valence-electron chi connectivity index (χ4n) is 2.14. The van der Waals surface area contributed by atoms with Crippen molar-refractivity contribution >= 4 is 29.7 Å². The van der Waals surface area contributed by atoms with Crippen LogP contribution < -0.4 is 11.1 Å². The van der Waals surface area contributed by atoms with E-state index in [1.165, 1.54) is 12.1 Å². The lowest BCUT2D eigenvalue weighted by Gasteiger charge is -2.13. The van der Waals surface area contributed by atoms with Gasteiger partial charge in [0.15, 0.2) is 0 Å². The molecule has 3 N–H and O–H groups in total. The fraction of sp³-hybridized carbons (Fsp3) is 0.462. The third kappa shape index (κ3) is 4.13. The summed E-state index contributed by atoms with van der Waals surface area (Å²) in [5.41, 5.74) is 6.63. The number of halogens is 1. The monoisotopic (exact) mass is 315 g/mol. The van der Waals surface area contributed by atoms with Crippen LogP contribution in [0.4, 0.5) is 11.4 Å². The maximum Gasteiger partial charge on any atom is 0.271 e. The van der Waals surface area contributed by atoms with E-state index in [0.29, 0.717) is 18.7 Å². The van der Waals surface area contributed by atoms with Crippen molar-refractivity contribution in [3.63, 3.8) is 0 Å². The van der Waals surface area contributed by atoms with Crippen LogP contribution in [0.5, 0.6) is 0 Å². The van der Waals surface area contributed by atoms with Crippen molar-refractivity contribution in [1.29, 1.82) is 0 Å². The van der Waals surface area contributed by atoms with E-state index < -0.39 is 11.0 Å². The maximum absolute atomic E-state index is 12.1. The molecule has 1 aliphatic rings. The number of amides is 1. The molecule has 8 heteroatoms. The molecule has 0 aliphatic carbocycles. The molecule has 0 spiro atoms. The molecule has 2 atom stereocenters. The molecule has 1 fully saturated rings. The van der Waals surface area contributed by atoms with Crippen LogP contribution in [0.3, 0.4) is 0 Å². The van der Waals surface area contributed by atoms with E-state index >= 15 is 0 Å². The topological polar surface area (TPSA) is 107 Å². The van der Waals surface area contributed by atoms with Gasteiger partial charge in [0.2, 0.25) is 0 Å². The van der Waals surface area contributed by atoms with Crippen molar-refractivity contribution in [3.05, 3.63) is 33.9 Å². The average Bonchev–Trinajstić information content (AvgIpc) is 2.89. The van der Waals surface area contributed by atoms with Crippen molar-refractivity contribution in [2.75, 3.05) is 11.9 Å². The number of ether oxygens (including phenoxy) is 1. The van der Waals surface area contributed by atoms with E-state index in [2.05, 4.69) is 5.32 Å². The zero-order valence-corrected chi connectivity index (χ0v) is 12.4. The van der Waals surface area contributed by atoms with Crippen LogP contribution in [0, 0.1) is 17.0 Å². The molecule has 0 radical (unpaired) electrons. The molecule has 1 aromatic rings. The molecule has 0 saturated carbocycles. The Labute approximate surface area is 128 Å². The minimum absolute atomic E-state index is 0. The van der Waals surface area contributed by atoms with E-state index in [1.54, 1.807) is 13.0 Å². The van der Waals surface area contributed by atoms with Crippen molar-refractivity contribution in [2.24, 2.45) is 5.73 Å². The highest BCUT2D eigenvalue weighted by atomic mass is 35.5. The maximum atomic E-state index is 12.1. The smallest absolute Gasteiger partial charge is 0.271 e. The highest BCUT2D eigenvalue weighted by molar-refractivity contribution is 5.95. The van der Waals surface area contributed by atoms with Gasteiger partial charge in [-0.2, -0.15) is 0 Å². The second-order valence-corrected chi connectivity index (χ2v) is 4.81. The van der Waals surface area contributed by atoms with Gasteiger partial charge in [0.05, 0.1) is 16.7 Å². The van der Waals surface area contributed by atoms with E-state index in [0.717, 1.165) is 12.0 Å². The number of hydrogen-bond donors (Lipinski definition) is 2. The number of nitrogens with two attached hydrogens (primary N) is 1. The SMILES string of the molecule is Cc1ccc([N+](=O)[O-])cc1NC(=O)[C@@H]1CC[C@H](CN)O1.Cl. The second kappa shape index (κ2) is 7.35. The molecule has 0 aromatic heterocycles. The number of nitro benzene ring substituents is 1. The summed E-state index contributed by atoms with van der Waals surface area (Å²) in [4.78, 5) is 22.3.